The van der Waals surface area contributed by atoms with E-state index in [9.17, 15) is 52.7 Å². The standard InChI is InChI=1S/C70H86N14O12/c1-45(2)62(76-57(85)17-6-5-7-32-82-58(86)26-27-59(82)87)64(89)75-54(16-10-29-73-69(71)94)63(88)74-47-20-18-46(19-21-47)44-96-70(95)81(42-43-84-66(91)51-15-9-13-49-56(80-40-36-78(4)37-41-80)25-23-53(61(49)51)68(84)93)31-11-28-72-30-33-83-65(90)50-14-8-12-48-55(79-38-34-77(3)35-39-79)24-22-52(60(48)50)67(83)92/h8-9,12-15,18-27,45,54,62,72H,5-7,10-11,16-17,28-44H2,1-4H3,(H,74,88)(H,75,89)(H,76,85)(H3,71,73,94)/t54-,62-/m0/s1. The molecule has 2 atom stereocenters. The van der Waals surface area contributed by atoms with Gasteiger partial charge in [-0.15, -0.1) is 0 Å². The van der Waals surface area contributed by atoms with Crippen LogP contribution in [0.5, 0.6) is 0 Å². The number of urea groups is 1. The van der Waals surface area contributed by atoms with Gasteiger partial charge in [-0.1, -0.05) is 56.7 Å². The summed E-state index contributed by atoms with van der Waals surface area (Å²) in [4.78, 5) is 161. The summed E-state index contributed by atoms with van der Waals surface area (Å²) >= 11 is 0. The van der Waals surface area contributed by atoms with Crippen molar-refractivity contribution in [2.24, 2.45) is 11.7 Å². The monoisotopic (exact) mass is 1310 g/mol. The topological polar surface area (TPSA) is 309 Å². The molecule has 26 nitrogen and oxygen atoms in total. The molecule has 0 radical (unpaired) electrons. The van der Waals surface area contributed by atoms with Crippen molar-refractivity contribution in [3.8, 4) is 0 Å². The summed E-state index contributed by atoms with van der Waals surface area (Å²) in [5.74, 6) is -4.37. The smallest absolute Gasteiger partial charge is 0.410 e. The second-order valence-electron chi connectivity index (χ2n) is 25.4. The van der Waals surface area contributed by atoms with Crippen LogP contribution < -0.4 is 42.1 Å². The summed E-state index contributed by atoms with van der Waals surface area (Å²) in [5, 5.41) is 17.2. The van der Waals surface area contributed by atoms with Crippen LogP contribution in [0.4, 0.5) is 26.7 Å². The van der Waals surface area contributed by atoms with Crippen molar-refractivity contribution in [2.75, 3.05) is 134 Å². The maximum atomic E-state index is 14.4. The predicted molar refractivity (Wildman–Crippen MR) is 362 cm³/mol. The first-order chi connectivity index (χ1) is 46.3. The summed E-state index contributed by atoms with van der Waals surface area (Å²) < 4.78 is 5.90. The molecular weight excluding hydrogens is 1230 g/mol. The number of unbranched alkanes of at least 4 members (excludes halogenated alkanes) is 2. The van der Waals surface area contributed by atoms with Crippen LogP contribution in [-0.4, -0.2) is 226 Å². The quantitative estimate of drug-likeness (QED) is 0.0272. The van der Waals surface area contributed by atoms with Gasteiger partial charge in [0.2, 0.25) is 17.7 Å². The predicted octanol–water partition coefficient (Wildman–Crippen LogP) is 4.51. The molecule has 2 fully saturated rings. The highest BCUT2D eigenvalue weighted by molar-refractivity contribution is 6.28. The Hall–Kier alpha value is -9.79. The Morgan fingerprint density at radius 3 is 1.66 bits per heavy atom. The fourth-order valence-corrected chi connectivity index (χ4v) is 12.9. The van der Waals surface area contributed by atoms with Gasteiger partial charge < -0.3 is 61.6 Å². The zero-order valence-corrected chi connectivity index (χ0v) is 55.0. The molecule has 96 heavy (non-hydrogen) atoms. The molecule has 5 aliphatic rings. The molecule has 5 heterocycles. The minimum absolute atomic E-state index is 0.0715. The van der Waals surface area contributed by atoms with E-state index in [0.29, 0.717) is 76.5 Å². The lowest BCUT2D eigenvalue weighted by atomic mass is 9.92. The van der Waals surface area contributed by atoms with E-state index in [-0.39, 0.29) is 107 Å². The summed E-state index contributed by atoms with van der Waals surface area (Å²) in [5.41, 5.74) is 9.86. The Morgan fingerprint density at radius 1 is 0.552 bits per heavy atom. The number of carbonyl (C=O) groups excluding carboxylic acids is 11. The van der Waals surface area contributed by atoms with Gasteiger partial charge in [0.25, 0.3) is 35.4 Å². The number of likely N-dealkylation sites (N-methyl/N-ethyl adjacent to an activating group) is 2. The molecule has 0 unspecified atom stereocenters. The van der Waals surface area contributed by atoms with Gasteiger partial charge in [0.05, 0.1) is 0 Å². The minimum Gasteiger partial charge on any atom is -0.445 e. The lowest BCUT2D eigenvalue weighted by Crippen LogP contribution is -2.54. The highest BCUT2D eigenvalue weighted by Gasteiger charge is 2.37. The van der Waals surface area contributed by atoms with E-state index >= 15 is 0 Å². The Morgan fingerprint density at radius 2 is 1.10 bits per heavy atom. The van der Waals surface area contributed by atoms with E-state index in [2.05, 4.69) is 60.3 Å². The summed E-state index contributed by atoms with van der Waals surface area (Å²) in [6.45, 7) is 11.1. The minimum atomic E-state index is -1.12. The first-order valence-electron chi connectivity index (χ1n) is 33.2. The zero-order chi connectivity index (χ0) is 68.2. The van der Waals surface area contributed by atoms with Crippen molar-refractivity contribution in [3.63, 3.8) is 0 Å². The fourth-order valence-electron chi connectivity index (χ4n) is 12.9. The number of ether oxygens (including phenoxy) is 1. The number of hydrogen-bond donors (Lipinski definition) is 6. The molecule has 2 saturated heterocycles. The van der Waals surface area contributed by atoms with E-state index in [1.54, 1.807) is 56.3 Å². The number of nitrogens with one attached hydrogen (secondary N) is 5. The van der Waals surface area contributed by atoms with Gasteiger partial charge >= 0.3 is 12.1 Å². The second kappa shape index (κ2) is 31.6. The van der Waals surface area contributed by atoms with E-state index in [0.717, 1.165) is 79.4 Å². The molecule has 5 aromatic carbocycles. The van der Waals surface area contributed by atoms with Crippen LogP contribution in [0.25, 0.3) is 21.5 Å². The fraction of sp³-hybridized carbons (Fsp3) is 0.443. The number of nitrogens with zero attached hydrogens (tertiary/aromatic N) is 8. The first-order valence-corrected chi connectivity index (χ1v) is 33.2. The van der Waals surface area contributed by atoms with Gasteiger partial charge in [-0.2, -0.15) is 0 Å². The van der Waals surface area contributed by atoms with Crippen molar-refractivity contribution in [1.29, 1.82) is 0 Å². The van der Waals surface area contributed by atoms with Crippen molar-refractivity contribution in [1.82, 2.24) is 50.7 Å². The zero-order valence-electron chi connectivity index (χ0n) is 55.0. The van der Waals surface area contributed by atoms with Crippen molar-refractivity contribution < 1.29 is 57.5 Å². The van der Waals surface area contributed by atoms with Gasteiger partial charge in [0.1, 0.15) is 18.7 Å². The number of primary amides is 1. The number of amides is 12. The number of rotatable bonds is 30. The number of benzene rings is 5. The number of nitrogens with two attached hydrogens (primary N) is 1. The average molecular weight is 1320 g/mol. The number of piperazine rings is 2. The van der Waals surface area contributed by atoms with E-state index < -0.39 is 47.8 Å². The Balaban J connectivity index is 0.762. The van der Waals surface area contributed by atoms with Gasteiger partial charge in [-0.05, 0) is 113 Å². The third-order valence-corrected chi connectivity index (χ3v) is 18.4. The third-order valence-electron chi connectivity index (χ3n) is 18.4. The normalized spacial score (nSPS) is 16.4. The van der Waals surface area contributed by atoms with Crippen LogP contribution in [0.1, 0.15) is 106 Å². The Kier molecular flexibility index (Phi) is 22.8. The average Bonchev–Trinajstić information content (AvgIpc) is 0.807. The molecule has 5 aromatic rings. The van der Waals surface area contributed by atoms with Crippen LogP contribution >= 0.6 is 0 Å². The molecule has 0 bridgehead atoms. The molecule has 508 valence electrons. The largest absolute Gasteiger partial charge is 0.445 e. The van der Waals surface area contributed by atoms with Gasteiger partial charge in [-0.3, -0.25) is 57.9 Å². The second-order valence-corrected chi connectivity index (χ2v) is 25.4. The van der Waals surface area contributed by atoms with Gasteiger partial charge in [-0.25, -0.2) is 9.59 Å². The van der Waals surface area contributed by atoms with Gasteiger partial charge in [0, 0.05) is 178 Å². The summed E-state index contributed by atoms with van der Waals surface area (Å²) in [6.07, 6.45) is 4.03. The molecule has 7 N–H and O–H groups in total. The Bertz CT molecular complexity index is 3760. The molecule has 10 rings (SSSR count). The molecule has 5 aliphatic heterocycles. The lowest BCUT2D eigenvalue weighted by Gasteiger charge is -2.36. The molecule has 0 aliphatic carbocycles. The summed E-state index contributed by atoms with van der Waals surface area (Å²) in [7, 11) is 4.17. The summed E-state index contributed by atoms with van der Waals surface area (Å²) in [6, 6.07) is 22.2. The van der Waals surface area contributed by atoms with Crippen molar-refractivity contribution >= 4 is 104 Å². The van der Waals surface area contributed by atoms with Gasteiger partial charge in [0.15, 0.2) is 0 Å². The van der Waals surface area contributed by atoms with E-state index in [1.165, 1.54) is 26.9 Å². The van der Waals surface area contributed by atoms with Crippen LogP contribution in [-0.2, 0) is 35.3 Å². The maximum Gasteiger partial charge on any atom is 0.410 e. The maximum absolute atomic E-state index is 14.4. The highest BCUT2D eigenvalue weighted by Crippen LogP contribution is 2.38. The van der Waals surface area contributed by atoms with Crippen molar-refractivity contribution in [2.45, 2.75) is 77.5 Å². The number of carbonyl (C=O) groups is 11. The molecule has 0 spiro atoms. The highest BCUT2D eigenvalue weighted by atomic mass is 16.6. The van der Waals surface area contributed by atoms with E-state index in [4.69, 9.17) is 10.5 Å². The van der Waals surface area contributed by atoms with Crippen LogP contribution in [0.3, 0.4) is 0 Å². The lowest BCUT2D eigenvalue weighted by molar-refractivity contribution is -0.137. The molecule has 26 heteroatoms. The van der Waals surface area contributed by atoms with Crippen LogP contribution in [0.15, 0.2) is 97.1 Å². The van der Waals surface area contributed by atoms with E-state index in [1.807, 2.05) is 42.5 Å². The van der Waals surface area contributed by atoms with Crippen LogP contribution in [0, 0.1) is 5.92 Å². The number of hydrogen-bond acceptors (Lipinski definition) is 17. The molecule has 0 aromatic heterocycles. The first kappa shape index (κ1) is 69.1. The molecule has 12 amide bonds. The van der Waals surface area contributed by atoms with Crippen molar-refractivity contribution in [3.05, 3.63) is 125 Å². The molecular formula is C70H86N14O12. The Labute approximate surface area is 557 Å². The third kappa shape index (κ3) is 16.3. The molecule has 0 saturated carbocycles. The number of imide groups is 3. The SMILES string of the molecule is CC(C)[C@H](NC(=O)CCCCCN1C(=O)C=CC1=O)C(=O)N[C@@H](CCCNC(N)=O)C(=O)Nc1ccc(COC(=O)N(CCCNCCN2C(=O)c3cccc4c(N5CCN(C)CC5)ccc(c34)C2=O)CCN2C(=O)c3cccc4c(N5CCN(C)CC5)ccc(c34)C2=O)cc1. The van der Waals surface area contributed by atoms with Crippen LogP contribution in [0.2, 0.25) is 0 Å². The number of anilines is 3.